The molecular formula is C13H17N3O3. The van der Waals surface area contributed by atoms with Crippen molar-refractivity contribution < 1.29 is 14.7 Å². The van der Waals surface area contributed by atoms with Crippen LogP contribution in [-0.4, -0.2) is 53.5 Å². The Morgan fingerprint density at radius 1 is 1.47 bits per heavy atom. The van der Waals surface area contributed by atoms with Crippen LogP contribution in [0, 0.1) is 0 Å². The summed E-state index contributed by atoms with van der Waals surface area (Å²) in [6.07, 6.45) is 2.81. The molecule has 1 aliphatic rings. The Kier molecular flexibility index (Phi) is 3.69. The number of aliphatic carboxylic acids is 1. The van der Waals surface area contributed by atoms with Gasteiger partial charge < -0.3 is 14.9 Å². The average molecular weight is 263 g/mol. The Morgan fingerprint density at radius 3 is 2.84 bits per heavy atom. The van der Waals surface area contributed by atoms with Gasteiger partial charge in [0, 0.05) is 32.4 Å². The molecule has 1 aromatic rings. The Hall–Kier alpha value is -2.11. The minimum Gasteiger partial charge on any atom is -0.480 e. The second-order valence-electron chi connectivity index (χ2n) is 4.79. The molecule has 0 aliphatic carbocycles. The third-order valence-corrected chi connectivity index (χ3v) is 3.25. The van der Waals surface area contributed by atoms with Crippen LogP contribution in [0.25, 0.3) is 0 Å². The number of hydrogen-bond donors (Lipinski definition) is 1. The number of likely N-dealkylation sites (tertiary alicyclic amines) is 1. The molecule has 0 bridgehead atoms. The third-order valence-electron chi connectivity index (χ3n) is 3.25. The Balaban J connectivity index is 2.24. The molecule has 1 aromatic heterocycles. The van der Waals surface area contributed by atoms with Crippen LogP contribution in [0.4, 0.5) is 5.82 Å². The summed E-state index contributed by atoms with van der Waals surface area (Å²) in [6, 6.07) is 2.59. The minimum absolute atomic E-state index is 0.240. The fourth-order valence-corrected chi connectivity index (χ4v) is 2.23. The summed E-state index contributed by atoms with van der Waals surface area (Å²) >= 11 is 0. The first-order chi connectivity index (χ1) is 9.00. The zero-order valence-corrected chi connectivity index (χ0v) is 11.0. The van der Waals surface area contributed by atoms with Gasteiger partial charge in [0.1, 0.15) is 11.9 Å². The van der Waals surface area contributed by atoms with E-state index in [-0.39, 0.29) is 5.91 Å². The van der Waals surface area contributed by atoms with E-state index in [1.165, 1.54) is 4.90 Å². The van der Waals surface area contributed by atoms with E-state index in [2.05, 4.69) is 4.98 Å². The van der Waals surface area contributed by atoms with Crippen LogP contribution in [-0.2, 0) is 4.79 Å². The van der Waals surface area contributed by atoms with Gasteiger partial charge in [-0.25, -0.2) is 9.78 Å². The van der Waals surface area contributed by atoms with Gasteiger partial charge in [0.2, 0.25) is 0 Å². The number of carboxylic acid groups (broad SMARTS) is 1. The maximum Gasteiger partial charge on any atom is 0.326 e. The summed E-state index contributed by atoms with van der Waals surface area (Å²) < 4.78 is 0. The average Bonchev–Trinajstić information content (AvgIpc) is 2.87. The molecule has 0 saturated carbocycles. The highest BCUT2D eigenvalue weighted by Crippen LogP contribution is 2.21. The Labute approximate surface area is 111 Å². The first-order valence-electron chi connectivity index (χ1n) is 6.18. The molecule has 2 rings (SSSR count). The first-order valence-corrected chi connectivity index (χ1v) is 6.18. The highest BCUT2D eigenvalue weighted by atomic mass is 16.4. The van der Waals surface area contributed by atoms with E-state index >= 15 is 0 Å². The summed E-state index contributed by atoms with van der Waals surface area (Å²) in [5.41, 5.74) is 0.479. The van der Waals surface area contributed by atoms with Gasteiger partial charge in [-0.3, -0.25) is 4.79 Å². The maximum atomic E-state index is 12.4. The van der Waals surface area contributed by atoms with Crippen molar-refractivity contribution in [3.8, 4) is 0 Å². The lowest BCUT2D eigenvalue weighted by Gasteiger charge is -2.22. The molecule has 0 aromatic carbocycles. The largest absolute Gasteiger partial charge is 0.480 e. The van der Waals surface area contributed by atoms with Gasteiger partial charge in [-0.15, -0.1) is 0 Å². The summed E-state index contributed by atoms with van der Waals surface area (Å²) in [6.45, 7) is 0.495. The summed E-state index contributed by atoms with van der Waals surface area (Å²) in [7, 11) is 3.68. The quantitative estimate of drug-likeness (QED) is 0.874. The predicted octanol–water partition coefficient (Wildman–Crippen LogP) is 0.837. The van der Waals surface area contributed by atoms with Gasteiger partial charge in [0.05, 0.1) is 0 Å². The monoisotopic (exact) mass is 263 g/mol. The van der Waals surface area contributed by atoms with E-state index in [1.807, 2.05) is 14.1 Å². The molecule has 6 heteroatoms. The molecule has 0 unspecified atom stereocenters. The minimum atomic E-state index is -0.937. The standard InChI is InChI=1S/C13H17N3O3/c1-15(2)11-8-9(5-6-14-11)12(17)16-7-3-4-10(16)13(18)19/h5-6,8,10H,3-4,7H2,1-2H3,(H,18,19)/t10-/m0/s1. The van der Waals surface area contributed by atoms with Crippen LogP contribution >= 0.6 is 0 Å². The molecule has 0 radical (unpaired) electrons. The van der Waals surface area contributed by atoms with E-state index in [4.69, 9.17) is 5.11 Å². The van der Waals surface area contributed by atoms with Crippen molar-refractivity contribution in [3.63, 3.8) is 0 Å². The normalized spacial score (nSPS) is 18.4. The van der Waals surface area contributed by atoms with Crippen molar-refractivity contribution in [1.29, 1.82) is 0 Å². The van der Waals surface area contributed by atoms with Gasteiger partial charge >= 0.3 is 5.97 Å². The molecule has 1 fully saturated rings. The van der Waals surface area contributed by atoms with E-state index in [9.17, 15) is 9.59 Å². The van der Waals surface area contributed by atoms with Crippen LogP contribution < -0.4 is 4.90 Å². The summed E-state index contributed by atoms with van der Waals surface area (Å²) in [5.74, 6) is -0.500. The van der Waals surface area contributed by atoms with Gasteiger partial charge in [0.15, 0.2) is 0 Å². The Bertz CT molecular complexity index is 502. The van der Waals surface area contributed by atoms with Gasteiger partial charge in [0.25, 0.3) is 5.91 Å². The van der Waals surface area contributed by atoms with Crippen LogP contribution in [0.3, 0.4) is 0 Å². The molecule has 1 amide bonds. The lowest BCUT2D eigenvalue weighted by molar-refractivity contribution is -0.141. The topological polar surface area (TPSA) is 73.7 Å². The number of rotatable bonds is 3. The van der Waals surface area contributed by atoms with Gasteiger partial charge in [-0.1, -0.05) is 0 Å². The maximum absolute atomic E-state index is 12.4. The zero-order valence-electron chi connectivity index (χ0n) is 11.0. The van der Waals surface area contributed by atoms with Crippen LogP contribution in [0.15, 0.2) is 18.3 Å². The van der Waals surface area contributed by atoms with Crippen molar-refractivity contribution in [3.05, 3.63) is 23.9 Å². The smallest absolute Gasteiger partial charge is 0.326 e. The van der Waals surface area contributed by atoms with Crippen LogP contribution in [0.2, 0.25) is 0 Å². The van der Waals surface area contributed by atoms with Gasteiger partial charge in [-0.2, -0.15) is 0 Å². The molecule has 102 valence electrons. The van der Waals surface area contributed by atoms with E-state index in [0.29, 0.717) is 24.3 Å². The lowest BCUT2D eigenvalue weighted by Crippen LogP contribution is -2.40. The van der Waals surface area contributed by atoms with Crippen molar-refractivity contribution in [2.75, 3.05) is 25.5 Å². The number of carbonyl (C=O) groups is 2. The fraction of sp³-hybridized carbons (Fsp3) is 0.462. The second-order valence-corrected chi connectivity index (χ2v) is 4.79. The SMILES string of the molecule is CN(C)c1cc(C(=O)N2CCC[C@H]2C(=O)O)ccn1. The van der Waals surface area contributed by atoms with Crippen molar-refractivity contribution in [2.24, 2.45) is 0 Å². The van der Waals surface area contributed by atoms with E-state index < -0.39 is 12.0 Å². The third kappa shape index (κ3) is 2.67. The van der Waals surface area contributed by atoms with E-state index in [1.54, 1.807) is 23.2 Å². The molecule has 1 N–H and O–H groups in total. The number of nitrogens with zero attached hydrogens (tertiary/aromatic N) is 3. The fourth-order valence-electron chi connectivity index (χ4n) is 2.23. The molecule has 2 heterocycles. The summed E-state index contributed by atoms with van der Waals surface area (Å²) in [4.78, 5) is 30.8. The van der Waals surface area contributed by atoms with Crippen LogP contribution in [0.1, 0.15) is 23.2 Å². The predicted molar refractivity (Wildman–Crippen MR) is 70.3 cm³/mol. The van der Waals surface area contributed by atoms with Crippen LogP contribution in [0.5, 0.6) is 0 Å². The van der Waals surface area contributed by atoms with Crippen molar-refractivity contribution >= 4 is 17.7 Å². The number of carboxylic acids is 1. The van der Waals surface area contributed by atoms with Crippen molar-refractivity contribution in [1.82, 2.24) is 9.88 Å². The highest BCUT2D eigenvalue weighted by molar-refractivity contribution is 5.97. The molecule has 0 spiro atoms. The molecule has 19 heavy (non-hydrogen) atoms. The molecule has 1 atom stereocenters. The lowest BCUT2D eigenvalue weighted by atomic mass is 10.2. The number of carbonyl (C=O) groups excluding carboxylic acids is 1. The molecule has 1 saturated heterocycles. The second kappa shape index (κ2) is 5.26. The molecular weight excluding hydrogens is 246 g/mol. The molecule has 1 aliphatic heterocycles. The zero-order chi connectivity index (χ0) is 14.0. The number of pyridine rings is 1. The Morgan fingerprint density at radius 2 is 2.21 bits per heavy atom. The van der Waals surface area contributed by atoms with E-state index in [0.717, 1.165) is 6.42 Å². The molecule has 6 nitrogen and oxygen atoms in total. The number of aromatic nitrogens is 1. The number of amides is 1. The number of hydrogen-bond acceptors (Lipinski definition) is 4. The summed E-state index contributed by atoms with van der Waals surface area (Å²) in [5, 5.41) is 9.11. The first kappa shape index (κ1) is 13.3. The highest BCUT2D eigenvalue weighted by Gasteiger charge is 2.34. The van der Waals surface area contributed by atoms with Gasteiger partial charge in [-0.05, 0) is 25.0 Å². The number of anilines is 1. The van der Waals surface area contributed by atoms with Crippen molar-refractivity contribution in [2.45, 2.75) is 18.9 Å².